The van der Waals surface area contributed by atoms with Crippen LogP contribution >= 0.6 is 23.3 Å². The van der Waals surface area contributed by atoms with Gasteiger partial charge in [0.15, 0.2) is 0 Å². The molecule has 0 saturated heterocycles. The molecule has 9 heavy (non-hydrogen) atoms. The highest BCUT2D eigenvalue weighted by Gasteiger charge is 2.10. The van der Waals surface area contributed by atoms with Crippen molar-refractivity contribution >= 4 is 23.3 Å². The average Bonchev–Trinajstić information content (AvgIpc) is 1.87. The van der Waals surface area contributed by atoms with Crippen molar-refractivity contribution in [3.63, 3.8) is 0 Å². The van der Waals surface area contributed by atoms with Crippen LogP contribution in [0.3, 0.4) is 0 Å². The van der Waals surface area contributed by atoms with E-state index in [1.165, 1.54) is 16.7 Å². The van der Waals surface area contributed by atoms with Crippen molar-refractivity contribution in [3.05, 3.63) is 23.8 Å². The fourth-order valence-corrected chi connectivity index (χ4v) is 0.981. The third-order valence-corrected chi connectivity index (χ3v) is 1.54. The number of fused-ring (bicyclic) bond motifs is 1. The van der Waals surface area contributed by atoms with E-state index in [0.717, 1.165) is 0 Å². The van der Waals surface area contributed by atoms with Crippen LogP contribution in [0.25, 0.3) is 11.1 Å². The van der Waals surface area contributed by atoms with Crippen LogP contribution in [0, 0.1) is 6.92 Å². The maximum absolute atomic E-state index is 3.22. The van der Waals surface area contributed by atoms with Gasteiger partial charge in [0.25, 0.3) is 0 Å². The summed E-state index contributed by atoms with van der Waals surface area (Å²) in [4.78, 5) is 0. The maximum Gasteiger partial charge on any atom is -0.0154 e. The highest BCUT2D eigenvalue weighted by molar-refractivity contribution is 8.59. The number of rotatable bonds is 0. The first-order valence-corrected chi connectivity index (χ1v) is 4.29. The van der Waals surface area contributed by atoms with Crippen molar-refractivity contribution in [2.45, 2.75) is 6.92 Å². The zero-order valence-corrected chi connectivity index (χ0v) is 6.92. The summed E-state index contributed by atoms with van der Waals surface area (Å²) in [5.41, 5.74) is 4.36. The lowest BCUT2D eigenvalue weighted by atomic mass is 9.88. The third kappa shape index (κ3) is 0.970. The summed E-state index contributed by atoms with van der Waals surface area (Å²) in [6.07, 6.45) is 0. The molecule has 0 saturated carbocycles. The molecule has 2 aliphatic carbocycles. The Bertz CT molecular complexity index is 218. The van der Waals surface area contributed by atoms with Crippen LogP contribution in [-0.2, 0) is 0 Å². The minimum atomic E-state index is 1.44. The van der Waals surface area contributed by atoms with E-state index in [0.29, 0.717) is 0 Å². The van der Waals surface area contributed by atoms with Gasteiger partial charge in [-0.15, -0.1) is 23.3 Å². The van der Waals surface area contributed by atoms with Crippen LogP contribution in [0.15, 0.2) is 18.2 Å². The van der Waals surface area contributed by atoms with E-state index in [2.05, 4.69) is 48.4 Å². The number of hydrogen-bond acceptors (Lipinski definition) is 2. The Balaban J connectivity index is 0.000000186. The van der Waals surface area contributed by atoms with E-state index in [-0.39, 0.29) is 0 Å². The molecule has 0 atom stereocenters. The number of thiol groups is 2. The molecule has 0 aromatic rings. The van der Waals surface area contributed by atoms with Crippen LogP contribution in [0.5, 0.6) is 0 Å². The predicted molar refractivity (Wildman–Crippen MR) is 48.1 cm³/mol. The third-order valence-electron chi connectivity index (χ3n) is 1.54. The molecule has 0 unspecified atom stereocenters. The molecule has 0 aliphatic heterocycles. The smallest absolute Gasteiger partial charge is 0.0154 e. The molecule has 0 nitrogen and oxygen atoms in total. The minimum absolute atomic E-state index is 1.44. The Morgan fingerprint density at radius 1 is 1.22 bits per heavy atom. The van der Waals surface area contributed by atoms with Gasteiger partial charge in [-0.1, -0.05) is 18.2 Å². The molecule has 0 amide bonds. The van der Waals surface area contributed by atoms with Crippen molar-refractivity contribution in [3.8, 4) is 11.1 Å². The zero-order chi connectivity index (χ0) is 6.85. The molecular weight excluding hydrogens is 148 g/mol. The fourth-order valence-electron chi connectivity index (χ4n) is 0.981. The molecule has 0 fully saturated rings. The number of aryl methyl sites for hydroxylation is 1. The highest BCUT2D eigenvalue weighted by atomic mass is 33.1. The molecule has 0 aromatic heterocycles. The van der Waals surface area contributed by atoms with Gasteiger partial charge >= 0.3 is 0 Å². The number of benzene rings is 1. The van der Waals surface area contributed by atoms with Gasteiger partial charge in [-0.05, 0) is 23.6 Å². The van der Waals surface area contributed by atoms with E-state index in [1.54, 1.807) is 0 Å². The molecular formula is C7H8S2. The summed E-state index contributed by atoms with van der Waals surface area (Å²) in [5, 5.41) is 0. The monoisotopic (exact) mass is 156 g/mol. The summed E-state index contributed by atoms with van der Waals surface area (Å²) in [6.45, 7) is 2.14. The molecule has 0 aromatic carbocycles. The zero-order valence-electron chi connectivity index (χ0n) is 5.13. The van der Waals surface area contributed by atoms with Crippen LogP contribution in [0.1, 0.15) is 5.56 Å². The van der Waals surface area contributed by atoms with Gasteiger partial charge in [0.2, 0.25) is 0 Å². The predicted octanol–water partition coefficient (Wildman–Crippen LogP) is 2.74. The van der Waals surface area contributed by atoms with E-state index in [4.69, 9.17) is 0 Å². The molecule has 2 rings (SSSR count). The van der Waals surface area contributed by atoms with E-state index < -0.39 is 0 Å². The molecule has 0 spiro atoms. The maximum atomic E-state index is 3.22. The second-order valence-corrected chi connectivity index (χ2v) is 2.03. The molecule has 0 radical (unpaired) electrons. The lowest BCUT2D eigenvalue weighted by Gasteiger charge is -2.17. The lowest BCUT2D eigenvalue weighted by molar-refractivity contribution is 1.38. The second kappa shape index (κ2) is 2.67. The van der Waals surface area contributed by atoms with Crippen molar-refractivity contribution in [1.82, 2.24) is 0 Å². The Labute approximate surface area is 65.5 Å². The molecule has 0 bridgehead atoms. The Morgan fingerprint density at radius 3 is 1.89 bits per heavy atom. The summed E-state index contributed by atoms with van der Waals surface area (Å²) in [6, 6.07) is 6.50. The summed E-state index contributed by atoms with van der Waals surface area (Å²) in [7, 11) is 0. The van der Waals surface area contributed by atoms with Gasteiger partial charge in [0.05, 0.1) is 0 Å². The van der Waals surface area contributed by atoms with Crippen molar-refractivity contribution < 1.29 is 0 Å². The normalized spacial score (nSPS) is 9.67. The van der Waals surface area contributed by atoms with Gasteiger partial charge in [0, 0.05) is 0 Å². The molecule has 2 aliphatic rings. The van der Waals surface area contributed by atoms with Gasteiger partial charge in [-0.25, -0.2) is 0 Å². The quantitative estimate of drug-likeness (QED) is 0.425. The fraction of sp³-hybridized carbons (Fsp3) is 0.143. The minimum Gasteiger partial charge on any atom is -0.115 e. The van der Waals surface area contributed by atoms with E-state index >= 15 is 0 Å². The van der Waals surface area contributed by atoms with Crippen molar-refractivity contribution in [2.75, 3.05) is 0 Å². The summed E-state index contributed by atoms with van der Waals surface area (Å²) >= 11 is 6.44. The SMILES string of the molecule is Cc1cc2ccc1-2.SS. The Kier molecular flexibility index (Phi) is 2.09. The van der Waals surface area contributed by atoms with Gasteiger partial charge in [-0.2, -0.15) is 0 Å². The standard InChI is InChI=1S/C7H6.H2S2/c1-5-4-6-2-3-7(5)6;1-2/h2-4H,1H3;1-2H. The molecule has 0 N–H and O–H groups in total. The van der Waals surface area contributed by atoms with Crippen LogP contribution < -0.4 is 0 Å². The first kappa shape index (κ1) is 7.03. The average molecular weight is 156 g/mol. The molecule has 48 valence electrons. The van der Waals surface area contributed by atoms with Crippen LogP contribution in [-0.4, -0.2) is 0 Å². The topological polar surface area (TPSA) is 0 Å². The Morgan fingerprint density at radius 2 is 1.89 bits per heavy atom. The highest BCUT2D eigenvalue weighted by Crippen LogP contribution is 2.35. The molecule has 2 heteroatoms. The van der Waals surface area contributed by atoms with Gasteiger partial charge in [0.1, 0.15) is 0 Å². The number of hydrogen-bond donors (Lipinski definition) is 2. The van der Waals surface area contributed by atoms with Crippen LogP contribution in [0.2, 0.25) is 0 Å². The summed E-state index contributed by atoms with van der Waals surface area (Å²) < 4.78 is 0. The van der Waals surface area contributed by atoms with Crippen molar-refractivity contribution in [1.29, 1.82) is 0 Å². The first-order chi connectivity index (χ1) is 4.38. The largest absolute Gasteiger partial charge is 0.115 e. The van der Waals surface area contributed by atoms with Crippen LogP contribution in [0.4, 0.5) is 0 Å². The van der Waals surface area contributed by atoms with Gasteiger partial charge in [-0.3, -0.25) is 0 Å². The van der Waals surface area contributed by atoms with E-state index in [1.807, 2.05) is 0 Å². The second-order valence-electron chi connectivity index (χ2n) is 2.03. The molecule has 0 heterocycles. The summed E-state index contributed by atoms with van der Waals surface area (Å²) in [5.74, 6) is 0. The van der Waals surface area contributed by atoms with E-state index in [9.17, 15) is 0 Å². The van der Waals surface area contributed by atoms with Gasteiger partial charge < -0.3 is 0 Å². The first-order valence-electron chi connectivity index (χ1n) is 2.69. The lowest BCUT2D eigenvalue weighted by Crippen LogP contribution is -1.93. The van der Waals surface area contributed by atoms with Crippen molar-refractivity contribution in [2.24, 2.45) is 0 Å². The Hall–Kier alpha value is -0.0800.